The Morgan fingerprint density at radius 2 is 2.38 bits per heavy atom. The highest BCUT2D eigenvalue weighted by Gasteiger charge is 1.98. The average molecular weight is 105 g/mol. The maximum Gasteiger partial charge on any atom is -0.00194 e. The van der Waals surface area contributed by atoms with Crippen molar-refractivity contribution < 1.29 is 0 Å². The van der Waals surface area contributed by atoms with Crippen LogP contribution in [0.25, 0.3) is 0 Å². The summed E-state index contributed by atoms with van der Waals surface area (Å²) >= 11 is 0. The fourth-order valence-electron chi connectivity index (χ4n) is 0.834. The molecule has 0 aromatic heterocycles. The second-order valence-corrected chi connectivity index (χ2v) is 1.94. The van der Waals surface area contributed by atoms with Gasteiger partial charge >= 0.3 is 0 Å². The standard InChI is InChI=1S/C8H9/c1-2-8-6-4-3-5-7-8/h1,4,7H,3,5-6H2. The number of hydrogen-bond donors (Lipinski definition) is 0. The van der Waals surface area contributed by atoms with Crippen molar-refractivity contribution in [1.29, 1.82) is 0 Å². The largest absolute Gasteiger partial charge is 0.115 e. The molecule has 0 nitrogen and oxygen atoms in total. The molecule has 0 N–H and O–H groups in total. The third-order valence-corrected chi connectivity index (χ3v) is 1.31. The van der Waals surface area contributed by atoms with Crippen LogP contribution in [0.5, 0.6) is 0 Å². The maximum absolute atomic E-state index is 5.16. The Hall–Kier alpha value is -0.700. The van der Waals surface area contributed by atoms with Gasteiger partial charge in [0.05, 0.1) is 0 Å². The van der Waals surface area contributed by atoms with Gasteiger partial charge in [-0.15, -0.1) is 6.42 Å². The normalized spacial score (nSPS) is 19.1. The van der Waals surface area contributed by atoms with Crippen LogP contribution in [-0.4, -0.2) is 0 Å². The highest BCUT2D eigenvalue weighted by Crippen LogP contribution is 2.14. The Morgan fingerprint density at radius 1 is 1.50 bits per heavy atom. The monoisotopic (exact) mass is 105 g/mol. The molecule has 0 saturated heterocycles. The van der Waals surface area contributed by atoms with E-state index in [1.807, 2.05) is 0 Å². The summed E-state index contributed by atoms with van der Waals surface area (Å²) in [6, 6.07) is 0. The molecule has 1 rings (SSSR count). The van der Waals surface area contributed by atoms with E-state index in [0.29, 0.717) is 0 Å². The topological polar surface area (TPSA) is 0 Å². The first-order chi connectivity index (χ1) is 3.93. The minimum Gasteiger partial charge on any atom is -0.115 e. The zero-order valence-corrected chi connectivity index (χ0v) is 4.85. The summed E-state index contributed by atoms with van der Waals surface area (Å²) in [7, 11) is 0. The quantitative estimate of drug-likeness (QED) is 0.413. The van der Waals surface area contributed by atoms with Gasteiger partial charge < -0.3 is 0 Å². The van der Waals surface area contributed by atoms with Gasteiger partial charge in [0.1, 0.15) is 0 Å². The van der Waals surface area contributed by atoms with Crippen LogP contribution in [0.4, 0.5) is 0 Å². The van der Waals surface area contributed by atoms with E-state index >= 15 is 0 Å². The molecule has 0 atom stereocenters. The predicted molar refractivity (Wildman–Crippen MR) is 35.1 cm³/mol. The highest BCUT2D eigenvalue weighted by molar-refractivity contribution is 5.28. The van der Waals surface area contributed by atoms with Crippen LogP contribution in [0.15, 0.2) is 11.6 Å². The molecule has 0 heteroatoms. The van der Waals surface area contributed by atoms with Gasteiger partial charge in [0, 0.05) is 0 Å². The van der Waals surface area contributed by atoms with E-state index in [1.165, 1.54) is 6.42 Å². The molecule has 0 saturated carbocycles. The number of allylic oxidation sites excluding steroid dienone is 2. The molecule has 41 valence electrons. The van der Waals surface area contributed by atoms with Gasteiger partial charge in [-0.1, -0.05) is 12.0 Å². The summed E-state index contributed by atoms with van der Waals surface area (Å²) < 4.78 is 0. The zero-order valence-electron chi connectivity index (χ0n) is 4.85. The van der Waals surface area contributed by atoms with E-state index in [9.17, 15) is 0 Å². The Labute approximate surface area is 50.6 Å². The molecule has 0 unspecified atom stereocenters. The van der Waals surface area contributed by atoms with Gasteiger partial charge in [-0.2, -0.15) is 0 Å². The minimum atomic E-state index is 1.01. The molecular formula is C8H9. The molecule has 8 heavy (non-hydrogen) atoms. The zero-order chi connectivity index (χ0) is 5.82. The van der Waals surface area contributed by atoms with Crippen molar-refractivity contribution in [2.24, 2.45) is 0 Å². The van der Waals surface area contributed by atoms with Crippen LogP contribution in [0.1, 0.15) is 19.3 Å². The molecule has 0 aliphatic heterocycles. The maximum atomic E-state index is 5.16. The molecule has 0 bridgehead atoms. The smallest absolute Gasteiger partial charge is 0.00194 e. The van der Waals surface area contributed by atoms with Crippen molar-refractivity contribution in [3.8, 4) is 12.3 Å². The lowest BCUT2D eigenvalue weighted by molar-refractivity contribution is 0.874. The molecule has 1 aliphatic carbocycles. The van der Waals surface area contributed by atoms with E-state index in [-0.39, 0.29) is 0 Å². The summed E-state index contributed by atoms with van der Waals surface area (Å²) in [4.78, 5) is 0. The Morgan fingerprint density at radius 3 is 2.75 bits per heavy atom. The second kappa shape index (κ2) is 2.57. The van der Waals surface area contributed by atoms with Gasteiger partial charge in [0.25, 0.3) is 0 Å². The SMILES string of the molecule is C#CC1=CCC[CH]C1. The number of hydrogen-bond acceptors (Lipinski definition) is 0. The van der Waals surface area contributed by atoms with Crippen molar-refractivity contribution in [3.05, 3.63) is 18.1 Å². The molecule has 0 heterocycles. The van der Waals surface area contributed by atoms with E-state index < -0.39 is 0 Å². The van der Waals surface area contributed by atoms with Gasteiger partial charge in [-0.25, -0.2) is 0 Å². The summed E-state index contributed by atoms with van der Waals surface area (Å²) in [5.74, 6) is 2.63. The lowest BCUT2D eigenvalue weighted by Crippen LogP contribution is -1.88. The van der Waals surface area contributed by atoms with Crippen molar-refractivity contribution in [3.63, 3.8) is 0 Å². The highest BCUT2D eigenvalue weighted by atomic mass is 14.0. The predicted octanol–water partition coefficient (Wildman–Crippen LogP) is 1.93. The van der Waals surface area contributed by atoms with Crippen LogP contribution in [0.2, 0.25) is 0 Å². The van der Waals surface area contributed by atoms with Crippen molar-refractivity contribution in [1.82, 2.24) is 0 Å². The lowest BCUT2D eigenvalue weighted by atomic mass is 10.0. The molecule has 1 aliphatic rings. The first kappa shape index (κ1) is 5.44. The van der Waals surface area contributed by atoms with E-state index in [1.54, 1.807) is 0 Å². The third kappa shape index (κ3) is 1.13. The van der Waals surface area contributed by atoms with Crippen molar-refractivity contribution in [2.75, 3.05) is 0 Å². The molecular weight excluding hydrogens is 96.1 g/mol. The van der Waals surface area contributed by atoms with Crippen LogP contribution >= 0.6 is 0 Å². The molecule has 1 radical (unpaired) electrons. The summed E-state index contributed by atoms with van der Waals surface area (Å²) in [5, 5.41) is 0. The Bertz CT molecular complexity index is 135. The number of rotatable bonds is 0. The van der Waals surface area contributed by atoms with Crippen LogP contribution < -0.4 is 0 Å². The number of terminal acetylenes is 1. The summed E-state index contributed by atoms with van der Waals surface area (Å²) in [6.07, 6.45) is 12.9. The van der Waals surface area contributed by atoms with Gasteiger partial charge in [-0.05, 0) is 31.3 Å². The fourth-order valence-corrected chi connectivity index (χ4v) is 0.834. The first-order valence-electron chi connectivity index (χ1n) is 2.91. The first-order valence-corrected chi connectivity index (χ1v) is 2.91. The van der Waals surface area contributed by atoms with Crippen molar-refractivity contribution in [2.45, 2.75) is 19.3 Å². The van der Waals surface area contributed by atoms with Crippen LogP contribution in [0.3, 0.4) is 0 Å². The lowest BCUT2D eigenvalue weighted by Gasteiger charge is -2.04. The average Bonchev–Trinajstić information content (AvgIpc) is 1.90. The fraction of sp³-hybridized carbons (Fsp3) is 0.375. The molecule has 0 aromatic rings. The van der Waals surface area contributed by atoms with Crippen LogP contribution in [0, 0.1) is 18.8 Å². The Balaban J connectivity index is 2.53. The molecule has 0 fully saturated rings. The third-order valence-electron chi connectivity index (χ3n) is 1.31. The van der Waals surface area contributed by atoms with Crippen LogP contribution in [-0.2, 0) is 0 Å². The Kier molecular flexibility index (Phi) is 1.75. The van der Waals surface area contributed by atoms with Gasteiger partial charge in [0.15, 0.2) is 0 Å². The van der Waals surface area contributed by atoms with Gasteiger partial charge in [-0.3, -0.25) is 0 Å². The molecule has 0 aromatic carbocycles. The van der Waals surface area contributed by atoms with Gasteiger partial charge in [0.2, 0.25) is 0 Å². The van der Waals surface area contributed by atoms with Crippen molar-refractivity contribution >= 4 is 0 Å². The summed E-state index contributed by atoms with van der Waals surface area (Å²) in [5.41, 5.74) is 1.15. The van der Waals surface area contributed by atoms with E-state index in [4.69, 9.17) is 6.42 Å². The summed E-state index contributed by atoms with van der Waals surface area (Å²) in [6.45, 7) is 0. The minimum absolute atomic E-state index is 1.01. The van der Waals surface area contributed by atoms with E-state index in [2.05, 4.69) is 18.4 Å². The molecule has 0 amide bonds. The van der Waals surface area contributed by atoms with E-state index in [0.717, 1.165) is 18.4 Å². The molecule has 0 spiro atoms. The second-order valence-electron chi connectivity index (χ2n) is 1.94.